The van der Waals surface area contributed by atoms with Gasteiger partial charge in [-0.3, -0.25) is 0 Å². The molecule has 0 saturated carbocycles. The van der Waals surface area contributed by atoms with Crippen LogP contribution < -0.4 is 5.32 Å². The first-order chi connectivity index (χ1) is 8.99. The van der Waals surface area contributed by atoms with Gasteiger partial charge in [0.15, 0.2) is 0 Å². The van der Waals surface area contributed by atoms with E-state index in [0.29, 0.717) is 0 Å². The normalized spacial score (nSPS) is 10.3. The molecule has 2 rings (SSSR count). The molecule has 1 aromatic heterocycles. The fourth-order valence-electron chi connectivity index (χ4n) is 1.33. The van der Waals surface area contributed by atoms with E-state index >= 15 is 0 Å². The molecule has 0 bridgehead atoms. The molecule has 2 aromatic rings. The Morgan fingerprint density at radius 2 is 2.05 bits per heavy atom. The summed E-state index contributed by atoms with van der Waals surface area (Å²) in [4.78, 5) is 18.2. The first-order valence-corrected chi connectivity index (χ1v) is 5.73. The van der Waals surface area contributed by atoms with E-state index in [1.54, 1.807) is 0 Å². The third-order valence-electron chi connectivity index (χ3n) is 2.21. The van der Waals surface area contributed by atoms with E-state index in [4.69, 9.17) is 5.11 Å². The van der Waals surface area contributed by atoms with Crippen LogP contribution in [0, 0.1) is 11.6 Å². The number of aromatic carboxylic acids is 1. The SMILES string of the molecule is O=C(O)c1cncnc1Nc1cc(F)c(Br)cc1F. The van der Waals surface area contributed by atoms with Crippen molar-refractivity contribution in [2.75, 3.05) is 5.32 Å². The minimum Gasteiger partial charge on any atom is -0.477 e. The minimum absolute atomic E-state index is 0.0308. The van der Waals surface area contributed by atoms with Crippen LogP contribution in [-0.2, 0) is 0 Å². The molecule has 0 atom stereocenters. The molecule has 98 valence electrons. The lowest BCUT2D eigenvalue weighted by atomic mass is 10.2. The molecular formula is C11H6BrF2N3O2. The number of carboxylic acid groups (broad SMARTS) is 1. The zero-order valence-corrected chi connectivity index (χ0v) is 10.8. The molecular weight excluding hydrogens is 324 g/mol. The number of nitrogens with one attached hydrogen (secondary N) is 1. The van der Waals surface area contributed by atoms with Crippen molar-refractivity contribution in [2.45, 2.75) is 0 Å². The summed E-state index contributed by atoms with van der Waals surface area (Å²) in [5.74, 6) is -2.83. The molecule has 0 aliphatic rings. The number of rotatable bonds is 3. The Labute approximate surface area is 114 Å². The van der Waals surface area contributed by atoms with Gasteiger partial charge in [-0.1, -0.05) is 0 Å². The topological polar surface area (TPSA) is 75.1 Å². The number of halogens is 3. The summed E-state index contributed by atoms with van der Waals surface area (Å²) in [5.41, 5.74) is -0.466. The molecule has 8 heteroatoms. The third-order valence-corrected chi connectivity index (χ3v) is 2.81. The van der Waals surface area contributed by atoms with E-state index in [2.05, 4.69) is 31.2 Å². The van der Waals surface area contributed by atoms with Crippen LogP contribution in [-0.4, -0.2) is 21.0 Å². The second kappa shape index (κ2) is 5.27. The highest BCUT2D eigenvalue weighted by molar-refractivity contribution is 9.10. The molecule has 0 fully saturated rings. The standard InChI is InChI=1S/C11H6BrF2N3O2/c12-6-1-8(14)9(2-7(6)13)17-10-5(11(18)19)3-15-4-16-10/h1-4H,(H,18,19)(H,15,16,17). The Balaban J connectivity index is 2.42. The second-order valence-electron chi connectivity index (χ2n) is 3.46. The monoisotopic (exact) mass is 329 g/mol. The number of anilines is 2. The Morgan fingerprint density at radius 3 is 2.74 bits per heavy atom. The molecule has 1 aromatic carbocycles. The van der Waals surface area contributed by atoms with Crippen molar-refractivity contribution in [3.8, 4) is 0 Å². The smallest absolute Gasteiger partial charge is 0.341 e. The number of hydrogen-bond donors (Lipinski definition) is 2. The van der Waals surface area contributed by atoms with Gasteiger partial charge < -0.3 is 10.4 Å². The fourth-order valence-corrected chi connectivity index (χ4v) is 1.65. The van der Waals surface area contributed by atoms with Gasteiger partial charge in [0.25, 0.3) is 0 Å². The Hall–Kier alpha value is -2.09. The van der Waals surface area contributed by atoms with Gasteiger partial charge >= 0.3 is 5.97 Å². The van der Waals surface area contributed by atoms with Gasteiger partial charge in [0.1, 0.15) is 29.3 Å². The van der Waals surface area contributed by atoms with Crippen molar-refractivity contribution in [3.63, 3.8) is 0 Å². The van der Waals surface area contributed by atoms with Crippen LogP contribution in [0.1, 0.15) is 10.4 Å². The average molecular weight is 330 g/mol. The van der Waals surface area contributed by atoms with Gasteiger partial charge in [0.2, 0.25) is 0 Å². The largest absolute Gasteiger partial charge is 0.477 e. The van der Waals surface area contributed by atoms with E-state index in [1.807, 2.05) is 0 Å². The van der Waals surface area contributed by atoms with Gasteiger partial charge in [0.05, 0.1) is 10.2 Å². The number of carbonyl (C=O) groups is 1. The van der Waals surface area contributed by atoms with E-state index in [0.717, 1.165) is 24.7 Å². The van der Waals surface area contributed by atoms with Gasteiger partial charge in [-0.15, -0.1) is 0 Å². The summed E-state index contributed by atoms with van der Waals surface area (Å²) in [6.45, 7) is 0. The van der Waals surface area contributed by atoms with Crippen molar-refractivity contribution in [1.29, 1.82) is 0 Å². The predicted molar refractivity (Wildman–Crippen MR) is 66.3 cm³/mol. The maximum Gasteiger partial charge on any atom is 0.341 e. The third kappa shape index (κ3) is 2.84. The Morgan fingerprint density at radius 1 is 1.32 bits per heavy atom. The maximum absolute atomic E-state index is 13.6. The van der Waals surface area contributed by atoms with Crippen molar-refractivity contribution in [2.24, 2.45) is 0 Å². The molecule has 1 heterocycles. The number of nitrogens with zero attached hydrogens (tertiary/aromatic N) is 2. The van der Waals surface area contributed by atoms with Crippen LogP contribution in [0.3, 0.4) is 0 Å². The molecule has 0 saturated heterocycles. The molecule has 5 nitrogen and oxygen atoms in total. The van der Waals surface area contributed by atoms with Crippen molar-refractivity contribution < 1.29 is 18.7 Å². The lowest BCUT2D eigenvalue weighted by molar-refractivity contribution is 0.0697. The highest BCUT2D eigenvalue weighted by Crippen LogP contribution is 2.26. The summed E-state index contributed by atoms with van der Waals surface area (Å²) >= 11 is 2.84. The zero-order valence-electron chi connectivity index (χ0n) is 9.19. The van der Waals surface area contributed by atoms with Crippen LogP contribution in [0.15, 0.2) is 29.1 Å². The van der Waals surface area contributed by atoms with E-state index in [1.165, 1.54) is 0 Å². The van der Waals surface area contributed by atoms with E-state index < -0.39 is 17.6 Å². The first kappa shape index (κ1) is 13.3. The van der Waals surface area contributed by atoms with Crippen molar-refractivity contribution >= 4 is 33.4 Å². The molecule has 0 amide bonds. The molecule has 2 N–H and O–H groups in total. The number of aromatic nitrogens is 2. The highest BCUT2D eigenvalue weighted by atomic mass is 79.9. The fraction of sp³-hybridized carbons (Fsp3) is 0. The van der Waals surface area contributed by atoms with Crippen LogP contribution in [0.25, 0.3) is 0 Å². The van der Waals surface area contributed by atoms with Gasteiger partial charge in [0, 0.05) is 12.3 Å². The van der Waals surface area contributed by atoms with Crippen LogP contribution in [0.4, 0.5) is 20.3 Å². The van der Waals surface area contributed by atoms with E-state index in [9.17, 15) is 13.6 Å². The van der Waals surface area contributed by atoms with Crippen LogP contribution >= 0.6 is 15.9 Å². The Bertz CT molecular complexity index is 652. The molecule has 0 spiro atoms. The lowest BCUT2D eigenvalue weighted by Gasteiger charge is -2.09. The quantitative estimate of drug-likeness (QED) is 0.847. The van der Waals surface area contributed by atoms with Gasteiger partial charge in [-0.05, 0) is 22.0 Å². The summed E-state index contributed by atoms with van der Waals surface area (Å²) < 4.78 is 26.9. The maximum atomic E-state index is 13.6. The van der Waals surface area contributed by atoms with Crippen molar-refractivity contribution in [1.82, 2.24) is 9.97 Å². The molecule has 19 heavy (non-hydrogen) atoms. The molecule has 0 unspecified atom stereocenters. The summed E-state index contributed by atoms with van der Waals surface area (Å²) in [5, 5.41) is 11.3. The van der Waals surface area contributed by atoms with Gasteiger partial charge in [-0.2, -0.15) is 0 Å². The second-order valence-corrected chi connectivity index (χ2v) is 4.32. The zero-order chi connectivity index (χ0) is 14.0. The average Bonchev–Trinajstić information content (AvgIpc) is 2.36. The molecule has 0 aliphatic heterocycles. The number of carboxylic acids is 1. The predicted octanol–water partition coefficient (Wildman–Crippen LogP) is 2.96. The molecule has 0 aliphatic carbocycles. The van der Waals surface area contributed by atoms with Gasteiger partial charge in [-0.25, -0.2) is 23.5 Å². The van der Waals surface area contributed by atoms with Crippen molar-refractivity contribution in [3.05, 3.63) is 46.3 Å². The summed E-state index contributed by atoms with van der Waals surface area (Å²) in [7, 11) is 0. The first-order valence-electron chi connectivity index (χ1n) is 4.94. The number of benzene rings is 1. The summed E-state index contributed by atoms with van der Waals surface area (Å²) in [6.07, 6.45) is 2.16. The number of hydrogen-bond acceptors (Lipinski definition) is 4. The lowest BCUT2D eigenvalue weighted by Crippen LogP contribution is -2.06. The minimum atomic E-state index is -1.28. The van der Waals surface area contributed by atoms with E-state index in [-0.39, 0.29) is 21.5 Å². The summed E-state index contributed by atoms with van der Waals surface area (Å²) in [6, 6.07) is 1.83. The highest BCUT2D eigenvalue weighted by Gasteiger charge is 2.14. The van der Waals surface area contributed by atoms with Crippen LogP contribution in [0.5, 0.6) is 0 Å². The van der Waals surface area contributed by atoms with Crippen LogP contribution in [0.2, 0.25) is 0 Å². The molecule has 0 radical (unpaired) electrons. The Kier molecular flexibility index (Phi) is 3.70.